The van der Waals surface area contributed by atoms with Crippen molar-refractivity contribution in [2.24, 2.45) is 0 Å². The number of carboxylic acid groups (broad SMARTS) is 1. The number of sulfonamides is 1. The summed E-state index contributed by atoms with van der Waals surface area (Å²) in [6.07, 6.45) is 0.969. The summed E-state index contributed by atoms with van der Waals surface area (Å²) in [5.74, 6) is -1.17. The van der Waals surface area contributed by atoms with E-state index in [0.717, 1.165) is 9.83 Å². The molecule has 0 saturated carbocycles. The number of rotatable bonds is 3. The molecule has 0 saturated heterocycles. The molecule has 7 heteroatoms. The maximum absolute atomic E-state index is 11.0. The molecular formula is C8H8INO4S. The second-order valence-electron chi connectivity index (χ2n) is 2.87. The first-order chi connectivity index (χ1) is 6.79. The van der Waals surface area contributed by atoms with Crippen LogP contribution in [0.5, 0.6) is 0 Å². The molecular weight excluding hydrogens is 333 g/mol. The summed E-state index contributed by atoms with van der Waals surface area (Å²) in [6.45, 7) is 0. The van der Waals surface area contributed by atoms with E-state index in [1.54, 1.807) is 6.07 Å². The smallest absolute Gasteiger partial charge is 0.337 e. The summed E-state index contributed by atoms with van der Waals surface area (Å²) < 4.78 is 24.8. The van der Waals surface area contributed by atoms with E-state index >= 15 is 0 Å². The Hall–Kier alpha value is -0.830. The number of hydrogen-bond acceptors (Lipinski definition) is 3. The molecule has 5 nitrogen and oxygen atoms in total. The topological polar surface area (TPSA) is 83.5 Å². The summed E-state index contributed by atoms with van der Waals surface area (Å²) in [5.41, 5.74) is 0.0118. The van der Waals surface area contributed by atoms with E-state index in [9.17, 15) is 13.2 Å². The van der Waals surface area contributed by atoms with Crippen molar-refractivity contribution in [3.63, 3.8) is 0 Å². The molecule has 1 rings (SSSR count). The largest absolute Gasteiger partial charge is 0.478 e. The van der Waals surface area contributed by atoms with Gasteiger partial charge >= 0.3 is 5.97 Å². The Morgan fingerprint density at radius 3 is 2.53 bits per heavy atom. The van der Waals surface area contributed by atoms with Gasteiger partial charge in [-0.1, -0.05) is 0 Å². The molecule has 0 aromatic heterocycles. The van der Waals surface area contributed by atoms with Crippen LogP contribution in [0.25, 0.3) is 0 Å². The van der Waals surface area contributed by atoms with Gasteiger partial charge in [-0.15, -0.1) is 0 Å². The predicted molar refractivity (Wildman–Crippen MR) is 64.6 cm³/mol. The fourth-order valence-electron chi connectivity index (χ4n) is 0.982. The van der Waals surface area contributed by atoms with Gasteiger partial charge in [-0.25, -0.2) is 13.2 Å². The first kappa shape index (κ1) is 12.2. The van der Waals surface area contributed by atoms with Crippen molar-refractivity contribution in [2.75, 3.05) is 11.0 Å². The Morgan fingerprint density at radius 1 is 1.47 bits per heavy atom. The van der Waals surface area contributed by atoms with Crippen LogP contribution in [0.3, 0.4) is 0 Å². The van der Waals surface area contributed by atoms with Crippen LogP contribution in [0.4, 0.5) is 5.69 Å². The molecule has 0 aliphatic heterocycles. The molecule has 0 atom stereocenters. The van der Waals surface area contributed by atoms with Crippen LogP contribution in [0.15, 0.2) is 18.2 Å². The minimum absolute atomic E-state index is 0.0627. The van der Waals surface area contributed by atoms with Crippen LogP contribution >= 0.6 is 22.6 Å². The SMILES string of the molecule is CS(=O)(=O)Nc1ccc(I)cc1C(=O)O. The highest BCUT2D eigenvalue weighted by Crippen LogP contribution is 2.19. The van der Waals surface area contributed by atoms with E-state index in [-0.39, 0.29) is 11.3 Å². The Labute approximate surface area is 101 Å². The van der Waals surface area contributed by atoms with Crippen molar-refractivity contribution >= 4 is 44.3 Å². The van der Waals surface area contributed by atoms with E-state index < -0.39 is 16.0 Å². The maximum atomic E-state index is 11.0. The van der Waals surface area contributed by atoms with Gasteiger partial charge in [-0.05, 0) is 40.8 Å². The van der Waals surface area contributed by atoms with Crippen LogP contribution in [0.1, 0.15) is 10.4 Å². The molecule has 82 valence electrons. The second-order valence-corrected chi connectivity index (χ2v) is 5.86. The molecule has 0 amide bonds. The Bertz CT molecular complexity index is 497. The van der Waals surface area contributed by atoms with Crippen LogP contribution in [0, 0.1) is 3.57 Å². The molecule has 0 radical (unpaired) electrons. The molecule has 0 fully saturated rings. The van der Waals surface area contributed by atoms with Gasteiger partial charge in [0.25, 0.3) is 0 Å². The molecule has 0 heterocycles. The lowest BCUT2D eigenvalue weighted by atomic mass is 10.2. The summed E-state index contributed by atoms with van der Waals surface area (Å²) in [5, 5.41) is 8.85. The highest BCUT2D eigenvalue weighted by Gasteiger charge is 2.13. The number of aromatic carboxylic acids is 1. The van der Waals surface area contributed by atoms with E-state index in [1.807, 2.05) is 22.6 Å². The molecule has 0 spiro atoms. The first-order valence-electron chi connectivity index (χ1n) is 3.80. The average Bonchev–Trinajstić information content (AvgIpc) is 2.05. The van der Waals surface area contributed by atoms with E-state index in [2.05, 4.69) is 4.72 Å². The van der Waals surface area contributed by atoms with E-state index in [0.29, 0.717) is 0 Å². The van der Waals surface area contributed by atoms with Crippen molar-refractivity contribution in [1.82, 2.24) is 0 Å². The number of hydrogen-bond donors (Lipinski definition) is 2. The highest BCUT2D eigenvalue weighted by atomic mass is 127. The van der Waals surface area contributed by atoms with Gasteiger partial charge in [0.15, 0.2) is 0 Å². The number of carboxylic acids is 1. The lowest BCUT2D eigenvalue weighted by Crippen LogP contribution is -2.13. The maximum Gasteiger partial charge on any atom is 0.337 e. The van der Waals surface area contributed by atoms with Crippen molar-refractivity contribution in [3.05, 3.63) is 27.3 Å². The fourth-order valence-corrected chi connectivity index (χ4v) is 2.05. The zero-order valence-corrected chi connectivity index (χ0v) is 10.7. The quantitative estimate of drug-likeness (QED) is 0.814. The second kappa shape index (κ2) is 4.35. The Balaban J connectivity index is 3.24. The van der Waals surface area contributed by atoms with Crippen LogP contribution in [-0.4, -0.2) is 25.7 Å². The normalized spacial score (nSPS) is 11.1. The standard InChI is InChI=1S/C8H8INO4S/c1-15(13,14)10-7-3-2-5(9)4-6(7)8(11)12/h2-4,10H,1H3,(H,11,12). The number of anilines is 1. The summed E-state index contributed by atoms with van der Waals surface area (Å²) in [6, 6.07) is 4.45. The molecule has 0 aliphatic rings. The van der Waals surface area contributed by atoms with Gasteiger partial charge in [0.1, 0.15) is 0 Å². The van der Waals surface area contributed by atoms with Crippen molar-refractivity contribution < 1.29 is 18.3 Å². The fraction of sp³-hybridized carbons (Fsp3) is 0.125. The number of carbonyl (C=O) groups is 1. The van der Waals surface area contributed by atoms with Gasteiger partial charge < -0.3 is 5.11 Å². The van der Waals surface area contributed by atoms with Crippen molar-refractivity contribution in [1.29, 1.82) is 0 Å². The average molecular weight is 341 g/mol. The third-order valence-electron chi connectivity index (χ3n) is 1.51. The lowest BCUT2D eigenvalue weighted by Gasteiger charge is -2.07. The lowest BCUT2D eigenvalue weighted by molar-refractivity contribution is 0.0698. The number of nitrogens with one attached hydrogen (secondary N) is 1. The van der Waals surface area contributed by atoms with Crippen LogP contribution < -0.4 is 4.72 Å². The molecule has 1 aromatic carbocycles. The molecule has 0 bridgehead atoms. The van der Waals surface area contributed by atoms with Gasteiger partial charge in [-0.3, -0.25) is 4.72 Å². The summed E-state index contributed by atoms with van der Waals surface area (Å²) >= 11 is 1.95. The first-order valence-corrected chi connectivity index (χ1v) is 6.77. The van der Waals surface area contributed by atoms with E-state index in [4.69, 9.17) is 5.11 Å². The van der Waals surface area contributed by atoms with Gasteiger partial charge in [0.2, 0.25) is 10.0 Å². The molecule has 1 aromatic rings. The van der Waals surface area contributed by atoms with Crippen molar-refractivity contribution in [3.8, 4) is 0 Å². The van der Waals surface area contributed by atoms with Gasteiger partial charge in [-0.2, -0.15) is 0 Å². The van der Waals surface area contributed by atoms with Crippen LogP contribution in [-0.2, 0) is 10.0 Å². The van der Waals surface area contributed by atoms with Crippen LogP contribution in [0.2, 0.25) is 0 Å². The Morgan fingerprint density at radius 2 is 2.07 bits per heavy atom. The van der Waals surface area contributed by atoms with Gasteiger partial charge in [0, 0.05) is 3.57 Å². The summed E-state index contributed by atoms with van der Waals surface area (Å²) in [7, 11) is -3.46. The molecule has 15 heavy (non-hydrogen) atoms. The van der Waals surface area contributed by atoms with E-state index in [1.165, 1.54) is 12.1 Å². The Kier molecular flexibility index (Phi) is 3.55. The monoisotopic (exact) mass is 341 g/mol. The number of benzene rings is 1. The van der Waals surface area contributed by atoms with Crippen molar-refractivity contribution in [2.45, 2.75) is 0 Å². The zero-order valence-electron chi connectivity index (χ0n) is 7.69. The zero-order chi connectivity index (χ0) is 11.6. The predicted octanol–water partition coefficient (Wildman–Crippen LogP) is 1.36. The number of halogens is 1. The van der Waals surface area contributed by atoms with Gasteiger partial charge in [0.05, 0.1) is 17.5 Å². The summed E-state index contributed by atoms with van der Waals surface area (Å²) in [4.78, 5) is 10.8. The highest BCUT2D eigenvalue weighted by molar-refractivity contribution is 14.1. The third-order valence-corrected chi connectivity index (χ3v) is 2.77. The third kappa shape index (κ3) is 3.67. The molecule has 2 N–H and O–H groups in total. The minimum atomic E-state index is -3.46. The minimum Gasteiger partial charge on any atom is -0.478 e. The molecule has 0 unspecified atom stereocenters. The molecule has 0 aliphatic carbocycles.